The van der Waals surface area contributed by atoms with Crippen molar-refractivity contribution in [1.29, 1.82) is 0 Å². The van der Waals surface area contributed by atoms with Crippen molar-refractivity contribution in [3.63, 3.8) is 0 Å². The Morgan fingerprint density at radius 3 is 2.83 bits per heavy atom. The van der Waals surface area contributed by atoms with Crippen molar-refractivity contribution in [2.24, 2.45) is 0 Å². The molecule has 0 bridgehead atoms. The summed E-state index contributed by atoms with van der Waals surface area (Å²) in [6.07, 6.45) is 4.23. The molecule has 0 fully saturated rings. The van der Waals surface area contributed by atoms with Crippen LogP contribution < -0.4 is 0 Å². The number of carboxylic acids is 1. The van der Waals surface area contributed by atoms with Crippen LogP contribution in [0.15, 0.2) is 18.6 Å². The fourth-order valence-electron chi connectivity index (χ4n) is 1.53. The Morgan fingerprint density at radius 1 is 1.50 bits per heavy atom. The number of hydrogen-bond acceptors (Lipinski definition) is 4. The van der Waals surface area contributed by atoms with Gasteiger partial charge in [0, 0.05) is 7.11 Å². The van der Waals surface area contributed by atoms with Gasteiger partial charge in [0.15, 0.2) is 5.82 Å². The molecule has 2 aromatic heterocycles. The molecule has 0 aromatic carbocycles. The van der Waals surface area contributed by atoms with Crippen molar-refractivity contribution in [3.05, 3.63) is 29.2 Å². The summed E-state index contributed by atoms with van der Waals surface area (Å²) in [7, 11) is 1.56. The molecular formula is C10H11ClN4O3. The summed E-state index contributed by atoms with van der Waals surface area (Å²) in [5.74, 6) is -0.716. The molecule has 0 atom stereocenters. The van der Waals surface area contributed by atoms with Crippen LogP contribution >= 0.6 is 11.6 Å². The second kappa shape index (κ2) is 5.19. The summed E-state index contributed by atoms with van der Waals surface area (Å²) in [6.45, 7) is 0.847. The number of aromatic nitrogens is 4. The predicted octanol–water partition coefficient (Wildman–Crippen LogP) is 1.07. The molecule has 7 nitrogen and oxygen atoms in total. The first-order valence-electron chi connectivity index (χ1n) is 5.12. The molecule has 0 saturated carbocycles. The van der Waals surface area contributed by atoms with Gasteiger partial charge in [-0.2, -0.15) is 10.2 Å². The first kappa shape index (κ1) is 12.6. The number of carboxylic acid groups (broad SMARTS) is 1. The molecule has 18 heavy (non-hydrogen) atoms. The lowest BCUT2D eigenvalue weighted by molar-refractivity contribution is 0.0696. The quantitative estimate of drug-likeness (QED) is 0.879. The molecule has 0 amide bonds. The fourth-order valence-corrected chi connectivity index (χ4v) is 1.67. The van der Waals surface area contributed by atoms with E-state index in [1.165, 1.54) is 28.0 Å². The van der Waals surface area contributed by atoms with Gasteiger partial charge in [0.25, 0.3) is 0 Å². The lowest BCUT2D eigenvalue weighted by Crippen LogP contribution is -2.13. The van der Waals surface area contributed by atoms with Gasteiger partial charge >= 0.3 is 5.97 Å². The molecule has 96 valence electrons. The minimum atomic E-state index is -1.07. The summed E-state index contributed by atoms with van der Waals surface area (Å²) in [5.41, 5.74) is 0.0610. The lowest BCUT2D eigenvalue weighted by atomic mass is 10.3. The summed E-state index contributed by atoms with van der Waals surface area (Å²) >= 11 is 5.78. The Balaban J connectivity index is 2.46. The summed E-state index contributed by atoms with van der Waals surface area (Å²) in [6, 6.07) is 0. The van der Waals surface area contributed by atoms with Gasteiger partial charge in [0.1, 0.15) is 5.56 Å². The van der Waals surface area contributed by atoms with Crippen LogP contribution in [0.4, 0.5) is 0 Å². The molecule has 0 aliphatic carbocycles. The van der Waals surface area contributed by atoms with Crippen LogP contribution in [0, 0.1) is 0 Å². The molecule has 0 aliphatic rings. The van der Waals surface area contributed by atoms with Crippen LogP contribution in [0.2, 0.25) is 5.02 Å². The summed E-state index contributed by atoms with van der Waals surface area (Å²) < 4.78 is 7.84. The zero-order chi connectivity index (χ0) is 13.1. The molecule has 8 heteroatoms. The largest absolute Gasteiger partial charge is 0.477 e. The van der Waals surface area contributed by atoms with Gasteiger partial charge in [-0.15, -0.1) is 0 Å². The number of methoxy groups -OCH3 is 1. The minimum absolute atomic E-state index is 0.0610. The highest BCUT2D eigenvalue weighted by atomic mass is 35.5. The van der Waals surface area contributed by atoms with Crippen molar-refractivity contribution >= 4 is 17.6 Å². The minimum Gasteiger partial charge on any atom is -0.477 e. The van der Waals surface area contributed by atoms with Crippen molar-refractivity contribution < 1.29 is 14.6 Å². The predicted molar refractivity (Wildman–Crippen MR) is 63.2 cm³/mol. The molecule has 0 radical (unpaired) electrons. The van der Waals surface area contributed by atoms with Crippen molar-refractivity contribution in [1.82, 2.24) is 19.6 Å². The zero-order valence-electron chi connectivity index (χ0n) is 9.58. The summed E-state index contributed by atoms with van der Waals surface area (Å²) in [4.78, 5) is 11.1. The van der Waals surface area contributed by atoms with E-state index in [4.69, 9.17) is 21.4 Å². The fraction of sp³-hybridized carbons (Fsp3) is 0.300. The van der Waals surface area contributed by atoms with E-state index in [-0.39, 0.29) is 5.56 Å². The molecular weight excluding hydrogens is 260 g/mol. The first-order chi connectivity index (χ1) is 8.63. The van der Waals surface area contributed by atoms with Gasteiger partial charge in [-0.3, -0.25) is 0 Å². The van der Waals surface area contributed by atoms with Gasteiger partial charge in [-0.1, -0.05) is 11.6 Å². The molecule has 2 aromatic rings. The van der Waals surface area contributed by atoms with Gasteiger partial charge in [0.05, 0.1) is 36.8 Å². The maximum absolute atomic E-state index is 11.1. The van der Waals surface area contributed by atoms with Crippen molar-refractivity contribution in [2.45, 2.75) is 6.54 Å². The number of aromatic carboxylic acids is 1. The third-order valence-corrected chi connectivity index (χ3v) is 2.51. The molecule has 1 N–H and O–H groups in total. The number of hydrogen-bond donors (Lipinski definition) is 1. The summed E-state index contributed by atoms with van der Waals surface area (Å²) in [5, 5.41) is 17.5. The Hall–Kier alpha value is -1.86. The van der Waals surface area contributed by atoms with E-state index in [2.05, 4.69) is 10.2 Å². The van der Waals surface area contributed by atoms with Crippen molar-refractivity contribution in [2.75, 3.05) is 13.7 Å². The molecule has 0 spiro atoms. The van der Waals surface area contributed by atoms with E-state index in [0.717, 1.165) is 0 Å². The Bertz CT molecular complexity index is 563. The highest BCUT2D eigenvalue weighted by Gasteiger charge is 2.19. The Morgan fingerprint density at radius 2 is 2.28 bits per heavy atom. The smallest absolute Gasteiger partial charge is 0.341 e. The zero-order valence-corrected chi connectivity index (χ0v) is 10.3. The van der Waals surface area contributed by atoms with Crippen LogP contribution in [0.1, 0.15) is 10.4 Å². The third kappa shape index (κ3) is 2.36. The average Bonchev–Trinajstić information content (AvgIpc) is 2.91. The van der Waals surface area contributed by atoms with Gasteiger partial charge < -0.3 is 9.84 Å². The van der Waals surface area contributed by atoms with Gasteiger partial charge in [0.2, 0.25) is 0 Å². The Labute approximate surface area is 108 Å². The van der Waals surface area contributed by atoms with Crippen LogP contribution in [0.3, 0.4) is 0 Å². The van der Waals surface area contributed by atoms with E-state index in [9.17, 15) is 4.79 Å². The first-order valence-corrected chi connectivity index (χ1v) is 5.50. The molecule has 2 heterocycles. The third-order valence-electron chi connectivity index (χ3n) is 2.32. The topological polar surface area (TPSA) is 82.2 Å². The number of rotatable bonds is 5. The van der Waals surface area contributed by atoms with Crippen molar-refractivity contribution in [3.8, 4) is 5.82 Å². The van der Waals surface area contributed by atoms with E-state index in [1.807, 2.05) is 0 Å². The molecule has 2 rings (SSSR count). The molecule has 0 aliphatic heterocycles. The normalized spacial score (nSPS) is 10.8. The van der Waals surface area contributed by atoms with E-state index in [1.54, 1.807) is 7.11 Å². The molecule has 0 unspecified atom stereocenters. The SMILES string of the molecule is COCCn1ncc(C(=O)O)c1-n1cc(Cl)cn1. The highest BCUT2D eigenvalue weighted by molar-refractivity contribution is 6.30. The number of halogens is 1. The number of nitrogens with zero attached hydrogens (tertiary/aromatic N) is 4. The van der Waals surface area contributed by atoms with Gasteiger partial charge in [-0.25, -0.2) is 14.2 Å². The van der Waals surface area contributed by atoms with E-state index >= 15 is 0 Å². The Kier molecular flexibility index (Phi) is 3.63. The van der Waals surface area contributed by atoms with Crippen LogP contribution in [0.25, 0.3) is 5.82 Å². The second-order valence-electron chi connectivity index (χ2n) is 3.51. The van der Waals surface area contributed by atoms with Crippen LogP contribution in [-0.2, 0) is 11.3 Å². The number of carbonyl (C=O) groups is 1. The maximum Gasteiger partial charge on any atom is 0.341 e. The standard InChI is InChI=1S/C10H11ClN4O3/c1-18-3-2-14-9(8(5-13-14)10(16)17)15-6-7(11)4-12-15/h4-6H,2-3H2,1H3,(H,16,17). The van der Waals surface area contributed by atoms with Crippen LogP contribution in [-0.4, -0.2) is 44.4 Å². The molecule has 0 saturated heterocycles. The highest BCUT2D eigenvalue weighted by Crippen LogP contribution is 2.16. The lowest BCUT2D eigenvalue weighted by Gasteiger charge is -2.07. The maximum atomic E-state index is 11.1. The average molecular weight is 271 g/mol. The van der Waals surface area contributed by atoms with Gasteiger partial charge in [-0.05, 0) is 0 Å². The number of ether oxygens (including phenoxy) is 1. The second-order valence-corrected chi connectivity index (χ2v) is 3.94. The monoisotopic (exact) mass is 270 g/mol. The van der Waals surface area contributed by atoms with E-state index in [0.29, 0.717) is 24.0 Å². The van der Waals surface area contributed by atoms with Crippen LogP contribution in [0.5, 0.6) is 0 Å². The van der Waals surface area contributed by atoms with E-state index < -0.39 is 5.97 Å².